The minimum absolute atomic E-state index is 0.832. The highest BCUT2D eigenvalue weighted by Gasteiger charge is 2.38. The fraction of sp³-hybridized carbons (Fsp3) is 0.600. The summed E-state index contributed by atoms with van der Waals surface area (Å²) in [6.07, 6.45) is 10.6. The molecule has 1 saturated carbocycles. The van der Waals surface area contributed by atoms with Gasteiger partial charge in [-0.05, 0) is 37.6 Å². The average molecular weight is 149 g/mol. The first-order valence-electron chi connectivity index (χ1n) is 4.49. The van der Waals surface area contributed by atoms with Crippen molar-refractivity contribution >= 4 is 0 Å². The Labute approximate surface area is 68.0 Å². The van der Waals surface area contributed by atoms with E-state index in [1.165, 1.54) is 12.8 Å². The molecule has 0 aromatic carbocycles. The van der Waals surface area contributed by atoms with Crippen LogP contribution < -0.4 is 5.73 Å². The summed E-state index contributed by atoms with van der Waals surface area (Å²) in [4.78, 5) is 0. The van der Waals surface area contributed by atoms with Crippen LogP contribution in [-0.2, 0) is 0 Å². The van der Waals surface area contributed by atoms with Crippen molar-refractivity contribution in [2.24, 2.45) is 17.6 Å². The molecule has 0 saturated heterocycles. The van der Waals surface area contributed by atoms with Gasteiger partial charge in [0.1, 0.15) is 0 Å². The normalized spacial score (nSPS) is 33.0. The van der Waals surface area contributed by atoms with E-state index < -0.39 is 0 Å². The van der Waals surface area contributed by atoms with E-state index in [4.69, 9.17) is 5.73 Å². The summed E-state index contributed by atoms with van der Waals surface area (Å²) in [5.74, 6) is 1.80. The largest absolute Gasteiger partial charge is 0.330 e. The maximum Gasteiger partial charge on any atom is -0.00742 e. The van der Waals surface area contributed by atoms with Crippen molar-refractivity contribution in [3.63, 3.8) is 0 Å². The zero-order valence-electron chi connectivity index (χ0n) is 6.79. The van der Waals surface area contributed by atoms with Crippen molar-refractivity contribution in [3.05, 3.63) is 23.8 Å². The molecule has 2 aliphatic carbocycles. The summed E-state index contributed by atoms with van der Waals surface area (Å²) in [7, 11) is 0. The van der Waals surface area contributed by atoms with Crippen LogP contribution in [0.1, 0.15) is 19.3 Å². The molecule has 2 rings (SSSR count). The van der Waals surface area contributed by atoms with Gasteiger partial charge < -0.3 is 5.73 Å². The number of fused-ring (bicyclic) bond motifs is 1. The van der Waals surface area contributed by atoms with Gasteiger partial charge in [-0.2, -0.15) is 0 Å². The van der Waals surface area contributed by atoms with Crippen molar-refractivity contribution in [1.29, 1.82) is 0 Å². The molecular formula is C10H15N. The van der Waals surface area contributed by atoms with Crippen molar-refractivity contribution in [1.82, 2.24) is 0 Å². The summed E-state index contributed by atoms with van der Waals surface area (Å²) in [6, 6.07) is 0. The first-order chi connectivity index (χ1) is 5.42. The zero-order valence-corrected chi connectivity index (χ0v) is 6.79. The van der Waals surface area contributed by atoms with E-state index in [-0.39, 0.29) is 0 Å². The number of rotatable bonds is 3. The lowest BCUT2D eigenvalue weighted by molar-refractivity contribution is 0.754. The molecule has 11 heavy (non-hydrogen) atoms. The van der Waals surface area contributed by atoms with Crippen LogP contribution in [0.4, 0.5) is 0 Å². The van der Waals surface area contributed by atoms with Crippen LogP contribution in [0.5, 0.6) is 0 Å². The highest BCUT2D eigenvalue weighted by molar-refractivity contribution is 5.29. The van der Waals surface area contributed by atoms with Crippen LogP contribution in [-0.4, -0.2) is 6.54 Å². The van der Waals surface area contributed by atoms with Gasteiger partial charge in [-0.1, -0.05) is 23.8 Å². The summed E-state index contributed by atoms with van der Waals surface area (Å²) < 4.78 is 0. The maximum absolute atomic E-state index is 5.46. The first-order valence-corrected chi connectivity index (χ1v) is 4.49. The van der Waals surface area contributed by atoms with Gasteiger partial charge >= 0.3 is 0 Å². The molecule has 1 nitrogen and oxygen atoms in total. The number of hydrogen-bond acceptors (Lipinski definition) is 1. The summed E-state index contributed by atoms with van der Waals surface area (Å²) >= 11 is 0. The van der Waals surface area contributed by atoms with Crippen LogP contribution in [0.25, 0.3) is 0 Å². The Balaban J connectivity index is 1.92. The lowest BCUT2D eigenvalue weighted by Gasteiger charge is -2.06. The fourth-order valence-electron chi connectivity index (χ4n) is 1.87. The molecule has 2 N–H and O–H groups in total. The van der Waals surface area contributed by atoms with E-state index in [9.17, 15) is 0 Å². The average Bonchev–Trinajstić information content (AvgIpc) is 2.79. The molecule has 0 heterocycles. The van der Waals surface area contributed by atoms with E-state index >= 15 is 0 Å². The highest BCUT2D eigenvalue weighted by atomic mass is 14.5. The van der Waals surface area contributed by atoms with Gasteiger partial charge in [0.15, 0.2) is 0 Å². The molecule has 0 amide bonds. The number of nitrogens with two attached hydrogens (primary N) is 1. The Bertz CT molecular complexity index is 203. The van der Waals surface area contributed by atoms with Crippen LogP contribution in [0.15, 0.2) is 23.8 Å². The minimum Gasteiger partial charge on any atom is -0.330 e. The second-order valence-corrected chi connectivity index (χ2v) is 3.52. The first kappa shape index (κ1) is 7.11. The molecule has 2 aliphatic rings. The Kier molecular flexibility index (Phi) is 1.82. The molecule has 1 heteroatoms. The Morgan fingerprint density at radius 3 is 3.27 bits per heavy atom. The SMILES string of the molecule is NCCCC1=CC=CC2CC12. The fourth-order valence-corrected chi connectivity index (χ4v) is 1.87. The van der Waals surface area contributed by atoms with Gasteiger partial charge in [0.2, 0.25) is 0 Å². The second-order valence-electron chi connectivity index (χ2n) is 3.52. The molecule has 2 unspecified atom stereocenters. The van der Waals surface area contributed by atoms with E-state index in [1.54, 1.807) is 5.57 Å². The van der Waals surface area contributed by atoms with Crippen LogP contribution >= 0.6 is 0 Å². The Hall–Kier alpha value is -0.560. The van der Waals surface area contributed by atoms with Gasteiger partial charge in [-0.15, -0.1) is 0 Å². The molecule has 0 spiro atoms. The van der Waals surface area contributed by atoms with Gasteiger partial charge in [0, 0.05) is 0 Å². The predicted molar refractivity (Wildman–Crippen MR) is 47.1 cm³/mol. The monoisotopic (exact) mass is 149 g/mol. The number of hydrogen-bond donors (Lipinski definition) is 1. The topological polar surface area (TPSA) is 26.0 Å². The van der Waals surface area contributed by atoms with Crippen molar-refractivity contribution in [2.45, 2.75) is 19.3 Å². The molecule has 0 aromatic heterocycles. The third-order valence-corrected chi connectivity index (χ3v) is 2.65. The molecule has 0 aliphatic heterocycles. The third kappa shape index (κ3) is 1.38. The molecular weight excluding hydrogens is 134 g/mol. The molecule has 60 valence electrons. The van der Waals surface area contributed by atoms with Crippen LogP contribution in [0, 0.1) is 11.8 Å². The zero-order chi connectivity index (χ0) is 7.68. The lowest BCUT2D eigenvalue weighted by Crippen LogP contribution is -2.00. The molecule has 0 aromatic rings. The van der Waals surface area contributed by atoms with Crippen LogP contribution in [0.2, 0.25) is 0 Å². The lowest BCUT2D eigenvalue weighted by atomic mass is 10.0. The molecule has 2 atom stereocenters. The highest BCUT2D eigenvalue weighted by Crippen LogP contribution is 2.48. The standard InChI is InChI=1S/C10H15N/c11-6-2-5-8-3-1-4-9-7-10(8)9/h1,3-4,9-10H,2,5-7,11H2. The maximum atomic E-state index is 5.46. The Morgan fingerprint density at radius 1 is 1.55 bits per heavy atom. The second kappa shape index (κ2) is 2.82. The molecule has 0 bridgehead atoms. The quantitative estimate of drug-likeness (QED) is 0.651. The van der Waals surface area contributed by atoms with Gasteiger partial charge in [0.05, 0.1) is 0 Å². The van der Waals surface area contributed by atoms with Gasteiger partial charge in [-0.3, -0.25) is 0 Å². The predicted octanol–water partition coefficient (Wildman–Crippen LogP) is 1.86. The van der Waals surface area contributed by atoms with Crippen molar-refractivity contribution in [3.8, 4) is 0 Å². The molecule has 1 fully saturated rings. The van der Waals surface area contributed by atoms with Crippen molar-refractivity contribution in [2.75, 3.05) is 6.54 Å². The summed E-state index contributed by atoms with van der Waals surface area (Å²) in [5.41, 5.74) is 7.10. The van der Waals surface area contributed by atoms with Gasteiger partial charge in [-0.25, -0.2) is 0 Å². The van der Waals surface area contributed by atoms with E-state index in [2.05, 4.69) is 18.2 Å². The van der Waals surface area contributed by atoms with Crippen LogP contribution in [0.3, 0.4) is 0 Å². The number of allylic oxidation sites excluding steroid dienone is 4. The van der Waals surface area contributed by atoms with E-state index in [0.717, 1.165) is 24.8 Å². The summed E-state index contributed by atoms with van der Waals surface area (Å²) in [5, 5.41) is 0. The molecule has 0 radical (unpaired) electrons. The van der Waals surface area contributed by atoms with E-state index in [1.807, 2.05) is 0 Å². The minimum atomic E-state index is 0.832. The van der Waals surface area contributed by atoms with Crippen molar-refractivity contribution < 1.29 is 0 Å². The Morgan fingerprint density at radius 2 is 2.45 bits per heavy atom. The third-order valence-electron chi connectivity index (χ3n) is 2.65. The van der Waals surface area contributed by atoms with E-state index in [0.29, 0.717) is 0 Å². The van der Waals surface area contributed by atoms with Gasteiger partial charge in [0.25, 0.3) is 0 Å². The summed E-state index contributed by atoms with van der Waals surface area (Å²) in [6.45, 7) is 0.832. The smallest absolute Gasteiger partial charge is 0.00742 e.